The van der Waals surface area contributed by atoms with Crippen molar-refractivity contribution >= 4 is 5.95 Å². The molecule has 1 saturated heterocycles. The van der Waals surface area contributed by atoms with Gasteiger partial charge in [0.15, 0.2) is 0 Å². The monoisotopic (exact) mass is 170 g/mol. The fourth-order valence-electron chi connectivity index (χ4n) is 1.24. The summed E-state index contributed by atoms with van der Waals surface area (Å²) in [7, 11) is 0. The average molecular weight is 170 g/mol. The summed E-state index contributed by atoms with van der Waals surface area (Å²) in [5, 5.41) is 6.79. The molecule has 1 aliphatic rings. The Labute approximate surface area is 68.5 Å². The number of nitrogens with zero attached hydrogens (tertiary/aromatic N) is 2. The normalized spacial score (nSPS) is 18.2. The van der Waals surface area contributed by atoms with Crippen molar-refractivity contribution < 1.29 is 4.52 Å². The molecule has 1 fully saturated rings. The average Bonchev–Trinajstić information content (AvgIpc) is 2.54. The lowest BCUT2D eigenvalue weighted by Crippen LogP contribution is -2.44. The second-order valence-corrected chi connectivity index (χ2v) is 2.66. The Bertz CT molecular complexity index is 298. The molecular weight excluding hydrogens is 160 g/mol. The SMILES string of the molecule is O=c1[nH]c(N2CCNCC2)no1. The van der Waals surface area contributed by atoms with Gasteiger partial charge in [0, 0.05) is 26.2 Å². The molecular formula is C6H10N4O2. The van der Waals surface area contributed by atoms with Crippen molar-refractivity contribution in [2.45, 2.75) is 0 Å². The number of nitrogens with one attached hydrogen (secondary N) is 2. The minimum absolute atomic E-state index is 0.497. The molecule has 66 valence electrons. The van der Waals surface area contributed by atoms with Gasteiger partial charge in [0.2, 0.25) is 5.95 Å². The van der Waals surface area contributed by atoms with Crippen molar-refractivity contribution in [3.05, 3.63) is 10.6 Å². The van der Waals surface area contributed by atoms with Crippen LogP contribution in [0, 0.1) is 0 Å². The van der Waals surface area contributed by atoms with Gasteiger partial charge in [0.1, 0.15) is 0 Å². The molecule has 0 bridgehead atoms. The topological polar surface area (TPSA) is 74.2 Å². The summed E-state index contributed by atoms with van der Waals surface area (Å²) < 4.78 is 4.39. The summed E-state index contributed by atoms with van der Waals surface area (Å²) in [5.74, 6) is 0.0324. The van der Waals surface area contributed by atoms with Crippen LogP contribution < -0.4 is 16.0 Å². The lowest BCUT2D eigenvalue weighted by Gasteiger charge is -2.25. The lowest BCUT2D eigenvalue weighted by atomic mass is 10.4. The highest BCUT2D eigenvalue weighted by Crippen LogP contribution is 2.03. The predicted molar refractivity (Wildman–Crippen MR) is 42.2 cm³/mol. The van der Waals surface area contributed by atoms with Crippen LogP contribution in [0.1, 0.15) is 0 Å². The van der Waals surface area contributed by atoms with Gasteiger partial charge in [-0.25, -0.2) is 4.79 Å². The Morgan fingerprint density at radius 3 is 2.75 bits per heavy atom. The number of hydrogen-bond donors (Lipinski definition) is 2. The van der Waals surface area contributed by atoms with Gasteiger partial charge in [0.05, 0.1) is 0 Å². The fraction of sp³-hybridized carbons (Fsp3) is 0.667. The van der Waals surface area contributed by atoms with E-state index in [2.05, 4.69) is 20.0 Å². The van der Waals surface area contributed by atoms with E-state index in [1.807, 2.05) is 4.90 Å². The van der Waals surface area contributed by atoms with Gasteiger partial charge in [0.25, 0.3) is 0 Å². The number of piperazine rings is 1. The van der Waals surface area contributed by atoms with Crippen LogP contribution in [0.2, 0.25) is 0 Å². The van der Waals surface area contributed by atoms with E-state index in [1.54, 1.807) is 0 Å². The number of aromatic amines is 1. The molecule has 2 rings (SSSR count). The molecule has 1 aliphatic heterocycles. The first-order valence-electron chi connectivity index (χ1n) is 3.88. The Hall–Kier alpha value is -1.30. The third-order valence-electron chi connectivity index (χ3n) is 1.85. The summed E-state index contributed by atoms with van der Waals surface area (Å²) in [4.78, 5) is 15.1. The lowest BCUT2D eigenvalue weighted by molar-refractivity contribution is 0.385. The molecule has 6 nitrogen and oxygen atoms in total. The van der Waals surface area contributed by atoms with Crippen LogP contribution in [-0.4, -0.2) is 36.3 Å². The summed E-state index contributed by atoms with van der Waals surface area (Å²) in [6, 6.07) is 0. The van der Waals surface area contributed by atoms with E-state index < -0.39 is 5.76 Å². The van der Waals surface area contributed by atoms with Gasteiger partial charge in [-0.1, -0.05) is 0 Å². The van der Waals surface area contributed by atoms with Crippen molar-refractivity contribution in [1.29, 1.82) is 0 Å². The minimum atomic E-state index is -0.497. The van der Waals surface area contributed by atoms with Crippen LogP contribution >= 0.6 is 0 Å². The standard InChI is InChI=1S/C6H10N4O2/c11-6-8-5(9-12-6)10-3-1-7-2-4-10/h7H,1-4H2,(H,8,9,11). The molecule has 2 heterocycles. The third-order valence-corrected chi connectivity index (χ3v) is 1.85. The Kier molecular flexibility index (Phi) is 1.83. The molecule has 0 spiro atoms. The van der Waals surface area contributed by atoms with Crippen molar-refractivity contribution in [3.8, 4) is 0 Å². The van der Waals surface area contributed by atoms with Crippen molar-refractivity contribution in [2.75, 3.05) is 31.1 Å². The van der Waals surface area contributed by atoms with E-state index in [0.717, 1.165) is 26.2 Å². The highest BCUT2D eigenvalue weighted by atomic mass is 16.5. The number of anilines is 1. The molecule has 2 N–H and O–H groups in total. The van der Waals surface area contributed by atoms with Gasteiger partial charge in [-0.3, -0.25) is 9.51 Å². The second-order valence-electron chi connectivity index (χ2n) is 2.66. The Balaban J connectivity index is 2.13. The molecule has 0 amide bonds. The van der Waals surface area contributed by atoms with Crippen LogP contribution in [0.25, 0.3) is 0 Å². The van der Waals surface area contributed by atoms with Crippen LogP contribution in [0.3, 0.4) is 0 Å². The summed E-state index contributed by atoms with van der Waals surface area (Å²) in [6.45, 7) is 3.52. The zero-order valence-corrected chi connectivity index (χ0v) is 6.54. The zero-order chi connectivity index (χ0) is 8.39. The quantitative estimate of drug-likeness (QED) is 0.552. The highest BCUT2D eigenvalue weighted by molar-refractivity contribution is 5.27. The molecule has 0 radical (unpaired) electrons. The van der Waals surface area contributed by atoms with E-state index >= 15 is 0 Å². The van der Waals surface area contributed by atoms with Crippen LogP contribution in [0.15, 0.2) is 9.32 Å². The van der Waals surface area contributed by atoms with Gasteiger partial charge in [-0.2, -0.15) is 0 Å². The number of aromatic nitrogens is 2. The molecule has 0 aromatic carbocycles. The van der Waals surface area contributed by atoms with Gasteiger partial charge in [-0.05, 0) is 5.16 Å². The maximum Gasteiger partial charge on any atom is 0.440 e. The van der Waals surface area contributed by atoms with E-state index in [-0.39, 0.29) is 0 Å². The van der Waals surface area contributed by atoms with Crippen LogP contribution in [0.5, 0.6) is 0 Å². The number of H-pyrrole nitrogens is 1. The largest absolute Gasteiger partial charge is 0.440 e. The van der Waals surface area contributed by atoms with E-state index in [4.69, 9.17) is 0 Å². The van der Waals surface area contributed by atoms with E-state index in [0.29, 0.717) is 5.95 Å². The molecule has 0 saturated carbocycles. The smallest absolute Gasteiger partial charge is 0.337 e. The minimum Gasteiger partial charge on any atom is -0.337 e. The molecule has 0 atom stereocenters. The first-order valence-corrected chi connectivity index (χ1v) is 3.88. The maximum atomic E-state index is 10.6. The maximum absolute atomic E-state index is 10.6. The van der Waals surface area contributed by atoms with E-state index in [1.165, 1.54) is 0 Å². The Morgan fingerprint density at radius 1 is 1.42 bits per heavy atom. The molecule has 12 heavy (non-hydrogen) atoms. The zero-order valence-electron chi connectivity index (χ0n) is 6.54. The van der Waals surface area contributed by atoms with Crippen molar-refractivity contribution in [2.24, 2.45) is 0 Å². The van der Waals surface area contributed by atoms with Crippen LogP contribution in [0.4, 0.5) is 5.95 Å². The van der Waals surface area contributed by atoms with Crippen molar-refractivity contribution in [3.63, 3.8) is 0 Å². The first-order chi connectivity index (χ1) is 5.86. The summed E-state index contributed by atoms with van der Waals surface area (Å²) in [5.41, 5.74) is 0. The summed E-state index contributed by atoms with van der Waals surface area (Å²) in [6.07, 6.45) is 0. The molecule has 6 heteroatoms. The predicted octanol–water partition coefficient (Wildman–Crippen LogP) is -1.23. The molecule has 0 unspecified atom stereocenters. The molecule has 0 aliphatic carbocycles. The number of hydrogen-bond acceptors (Lipinski definition) is 5. The van der Waals surface area contributed by atoms with Crippen molar-refractivity contribution in [1.82, 2.24) is 15.5 Å². The Morgan fingerprint density at radius 2 is 2.17 bits per heavy atom. The fourth-order valence-corrected chi connectivity index (χ4v) is 1.24. The number of rotatable bonds is 1. The van der Waals surface area contributed by atoms with E-state index in [9.17, 15) is 4.79 Å². The second kappa shape index (κ2) is 2.98. The van der Waals surface area contributed by atoms with Gasteiger partial charge in [-0.15, -0.1) is 0 Å². The van der Waals surface area contributed by atoms with Crippen LogP contribution in [-0.2, 0) is 0 Å². The molecule has 1 aromatic rings. The molecule has 1 aromatic heterocycles. The third kappa shape index (κ3) is 1.33. The van der Waals surface area contributed by atoms with Gasteiger partial charge < -0.3 is 10.2 Å². The van der Waals surface area contributed by atoms with Gasteiger partial charge >= 0.3 is 5.76 Å². The highest BCUT2D eigenvalue weighted by Gasteiger charge is 2.13. The first kappa shape index (κ1) is 7.35. The summed E-state index contributed by atoms with van der Waals surface area (Å²) >= 11 is 0.